The molecule has 2 amide bonds. The lowest BCUT2D eigenvalue weighted by Crippen LogP contribution is -2.45. The lowest BCUT2D eigenvalue weighted by Gasteiger charge is -2.21. The molecule has 0 bridgehead atoms. The second-order valence-electron chi connectivity index (χ2n) is 4.36. The van der Waals surface area contributed by atoms with Crippen LogP contribution in [0.5, 0.6) is 5.75 Å². The van der Waals surface area contributed by atoms with Crippen molar-refractivity contribution < 1.29 is 24.0 Å². The van der Waals surface area contributed by atoms with Crippen LogP contribution in [0.25, 0.3) is 0 Å². The van der Waals surface area contributed by atoms with Crippen molar-refractivity contribution in [2.45, 2.75) is 6.92 Å². The number of hydrogen-bond acceptors (Lipinski definition) is 7. The molecule has 0 saturated carbocycles. The molecule has 0 fully saturated rings. The Kier molecular flexibility index (Phi) is 5.07. The third-order valence-corrected chi connectivity index (χ3v) is 2.87. The van der Waals surface area contributed by atoms with E-state index < -0.39 is 22.7 Å². The van der Waals surface area contributed by atoms with Crippen LogP contribution < -0.4 is 15.4 Å². The van der Waals surface area contributed by atoms with Gasteiger partial charge in [-0.2, -0.15) is 0 Å². The highest BCUT2D eigenvalue weighted by Gasteiger charge is 2.25. The molecule has 0 saturated heterocycles. The number of nitro groups is 1. The summed E-state index contributed by atoms with van der Waals surface area (Å²) in [5.41, 5.74) is 0.378. The highest BCUT2D eigenvalue weighted by Crippen LogP contribution is 2.23. The molecule has 0 spiro atoms. The number of esters is 1. The number of aromatic nitrogens is 1. The summed E-state index contributed by atoms with van der Waals surface area (Å²) in [5, 5.41) is 15.8. The van der Waals surface area contributed by atoms with Gasteiger partial charge in [0.2, 0.25) is 5.75 Å². The van der Waals surface area contributed by atoms with Crippen LogP contribution in [0.15, 0.2) is 29.6 Å². The number of carbonyl (C=O) groups excluding carboxylic acids is 2. The van der Waals surface area contributed by atoms with E-state index in [9.17, 15) is 19.7 Å². The molecular formula is C13H14N4O6. The summed E-state index contributed by atoms with van der Waals surface area (Å²) in [7, 11) is 0. The van der Waals surface area contributed by atoms with Crippen LogP contribution in [0.4, 0.5) is 10.6 Å². The van der Waals surface area contributed by atoms with Crippen LogP contribution >= 0.6 is 0 Å². The van der Waals surface area contributed by atoms with E-state index in [1.807, 2.05) is 0 Å². The van der Waals surface area contributed by atoms with Gasteiger partial charge in [-0.3, -0.25) is 0 Å². The van der Waals surface area contributed by atoms with E-state index in [2.05, 4.69) is 15.6 Å². The molecule has 1 aromatic heterocycles. The molecular weight excluding hydrogens is 308 g/mol. The maximum Gasteiger partial charge on any atom is 0.406 e. The molecule has 0 aliphatic carbocycles. The van der Waals surface area contributed by atoms with Gasteiger partial charge in [0.15, 0.2) is 0 Å². The average Bonchev–Trinajstić information content (AvgIpc) is 2.53. The number of rotatable bonds is 6. The van der Waals surface area contributed by atoms with Gasteiger partial charge >= 0.3 is 17.8 Å². The fraction of sp³-hybridized carbons (Fsp3) is 0.308. The third-order valence-electron chi connectivity index (χ3n) is 2.87. The molecule has 122 valence electrons. The van der Waals surface area contributed by atoms with Crippen molar-refractivity contribution in [2.75, 3.05) is 19.8 Å². The van der Waals surface area contributed by atoms with Gasteiger partial charge in [-0.1, -0.05) is 0 Å². The van der Waals surface area contributed by atoms with E-state index in [1.54, 1.807) is 6.92 Å². The average molecular weight is 322 g/mol. The minimum atomic E-state index is -0.684. The molecule has 0 aromatic carbocycles. The second kappa shape index (κ2) is 7.20. The van der Waals surface area contributed by atoms with Gasteiger partial charge in [0.1, 0.15) is 12.8 Å². The SMILES string of the molecule is CCOC(=O)C1=C(COc2cccnc2[N+](=O)[O-])NC(=O)NC1. The van der Waals surface area contributed by atoms with E-state index in [0.717, 1.165) is 0 Å². The summed E-state index contributed by atoms with van der Waals surface area (Å²) in [6, 6.07) is 2.35. The molecule has 2 N–H and O–H groups in total. The predicted molar refractivity (Wildman–Crippen MR) is 76.6 cm³/mol. The Morgan fingerprint density at radius 2 is 2.30 bits per heavy atom. The van der Waals surface area contributed by atoms with Gasteiger partial charge in [0.05, 0.1) is 24.4 Å². The minimum absolute atomic E-state index is 0.0154. The van der Waals surface area contributed by atoms with E-state index in [-0.39, 0.29) is 36.8 Å². The monoisotopic (exact) mass is 322 g/mol. The molecule has 2 heterocycles. The third kappa shape index (κ3) is 3.93. The number of nitrogens with one attached hydrogen (secondary N) is 2. The molecule has 1 aromatic rings. The summed E-state index contributed by atoms with van der Waals surface area (Å²) in [6.45, 7) is 1.58. The van der Waals surface area contributed by atoms with E-state index in [0.29, 0.717) is 0 Å². The first-order valence-corrected chi connectivity index (χ1v) is 6.69. The summed E-state index contributed by atoms with van der Waals surface area (Å²) in [4.78, 5) is 37.1. The number of hydrogen-bond donors (Lipinski definition) is 2. The van der Waals surface area contributed by atoms with E-state index in [1.165, 1.54) is 18.3 Å². The van der Waals surface area contributed by atoms with Gasteiger partial charge in [-0.25, -0.2) is 9.59 Å². The molecule has 2 rings (SSSR count). The number of amides is 2. The molecule has 1 aliphatic heterocycles. The first-order valence-electron chi connectivity index (χ1n) is 6.69. The van der Waals surface area contributed by atoms with Crippen LogP contribution in [-0.4, -0.2) is 41.7 Å². The number of carbonyl (C=O) groups is 2. The van der Waals surface area contributed by atoms with Crippen molar-refractivity contribution in [2.24, 2.45) is 0 Å². The highest BCUT2D eigenvalue weighted by molar-refractivity contribution is 5.93. The van der Waals surface area contributed by atoms with Crippen molar-refractivity contribution >= 4 is 17.8 Å². The van der Waals surface area contributed by atoms with Gasteiger partial charge in [-0.15, -0.1) is 0 Å². The first-order chi connectivity index (χ1) is 11.0. The maximum atomic E-state index is 11.9. The van der Waals surface area contributed by atoms with Crippen LogP contribution in [-0.2, 0) is 9.53 Å². The zero-order chi connectivity index (χ0) is 16.8. The maximum absolute atomic E-state index is 11.9. The Bertz CT molecular complexity index is 672. The molecule has 10 heteroatoms. The summed E-state index contributed by atoms with van der Waals surface area (Å²) >= 11 is 0. The molecule has 0 radical (unpaired) electrons. The topological polar surface area (TPSA) is 133 Å². The van der Waals surface area contributed by atoms with Crippen molar-refractivity contribution in [3.05, 3.63) is 39.7 Å². The highest BCUT2D eigenvalue weighted by atomic mass is 16.6. The Morgan fingerprint density at radius 3 is 3.00 bits per heavy atom. The number of nitrogens with zero attached hydrogens (tertiary/aromatic N) is 2. The fourth-order valence-corrected chi connectivity index (χ4v) is 1.85. The molecule has 10 nitrogen and oxygen atoms in total. The van der Waals surface area contributed by atoms with Crippen LogP contribution in [0.1, 0.15) is 6.92 Å². The Hall–Kier alpha value is -3.17. The van der Waals surface area contributed by atoms with E-state index >= 15 is 0 Å². The summed E-state index contributed by atoms with van der Waals surface area (Å²) in [6.07, 6.45) is 1.26. The summed E-state index contributed by atoms with van der Waals surface area (Å²) < 4.78 is 10.2. The largest absolute Gasteiger partial charge is 0.479 e. The molecule has 1 aliphatic rings. The second-order valence-corrected chi connectivity index (χ2v) is 4.36. The molecule has 0 unspecified atom stereocenters. The first kappa shape index (κ1) is 16.2. The molecule has 0 atom stereocenters. The normalized spacial score (nSPS) is 13.9. The Morgan fingerprint density at radius 1 is 1.52 bits per heavy atom. The lowest BCUT2D eigenvalue weighted by molar-refractivity contribution is -0.390. The predicted octanol–water partition coefficient (Wildman–Crippen LogP) is 0.499. The standard InChI is InChI=1S/C13H14N4O6/c1-2-22-12(18)8-6-15-13(19)16-9(8)7-23-10-4-3-5-14-11(10)17(20)21/h3-5H,2,6-7H2,1H3,(H2,15,16,19). The van der Waals surface area contributed by atoms with Crippen molar-refractivity contribution in [1.82, 2.24) is 15.6 Å². The zero-order valence-electron chi connectivity index (χ0n) is 12.2. The number of pyridine rings is 1. The fourth-order valence-electron chi connectivity index (χ4n) is 1.85. The van der Waals surface area contributed by atoms with Gasteiger partial charge in [0.25, 0.3) is 0 Å². The van der Waals surface area contributed by atoms with Crippen molar-refractivity contribution in [3.8, 4) is 5.75 Å². The Labute approximate surface area is 130 Å². The van der Waals surface area contributed by atoms with E-state index in [4.69, 9.17) is 9.47 Å². The van der Waals surface area contributed by atoms with Crippen molar-refractivity contribution in [3.63, 3.8) is 0 Å². The smallest absolute Gasteiger partial charge is 0.406 e. The van der Waals surface area contributed by atoms with Crippen LogP contribution in [0.2, 0.25) is 0 Å². The van der Waals surface area contributed by atoms with Crippen LogP contribution in [0.3, 0.4) is 0 Å². The zero-order valence-corrected chi connectivity index (χ0v) is 12.2. The van der Waals surface area contributed by atoms with Crippen molar-refractivity contribution in [1.29, 1.82) is 0 Å². The minimum Gasteiger partial charge on any atom is -0.479 e. The lowest BCUT2D eigenvalue weighted by atomic mass is 10.2. The number of ether oxygens (including phenoxy) is 2. The van der Waals surface area contributed by atoms with Crippen LogP contribution in [0, 0.1) is 10.1 Å². The Balaban J connectivity index is 2.20. The van der Waals surface area contributed by atoms with Gasteiger partial charge < -0.3 is 30.2 Å². The van der Waals surface area contributed by atoms with Gasteiger partial charge in [-0.05, 0) is 29.0 Å². The van der Waals surface area contributed by atoms with Gasteiger partial charge in [0, 0.05) is 0 Å². The quantitative estimate of drug-likeness (QED) is 0.442. The molecule has 23 heavy (non-hydrogen) atoms. The number of urea groups is 1. The summed E-state index contributed by atoms with van der Waals surface area (Å²) in [5.74, 6) is -1.12.